The smallest absolute Gasteiger partial charge is 0.233 e. The van der Waals surface area contributed by atoms with E-state index in [2.05, 4.69) is 37.3 Å². The highest BCUT2D eigenvalue weighted by Gasteiger charge is 2.24. The van der Waals surface area contributed by atoms with E-state index in [1.165, 1.54) is 0 Å². The third kappa shape index (κ3) is 3.78. The van der Waals surface area contributed by atoms with Gasteiger partial charge in [0.05, 0.1) is 24.2 Å². The van der Waals surface area contributed by atoms with E-state index >= 15 is 0 Å². The van der Waals surface area contributed by atoms with Crippen LogP contribution in [0.1, 0.15) is 22.3 Å². The average molecular weight is 441 g/mol. The monoisotopic (exact) mass is 441 g/mol. The summed E-state index contributed by atoms with van der Waals surface area (Å²) >= 11 is 0. The van der Waals surface area contributed by atoms with Crippen LogP contribution < -0.4 is 15.0 Å². The van der Waals surface area contributed by atoms with Crippen molar-refractivity contribution in [3.8, 4) is 11.6 Å². The van der Waals surface area contributed by atoms with Gasteiger partial charge in [0, 0.05) is 37.1 Å². The van der Waals surface area contributed by atoms with E-state index in [9.17, 15) is 4.79 Å². The Morgan fingerprint density at radius 2 is 1.85 bits per heavy atom. The van der Waals surface area contributed by atoms with Gasteiger partial charge in [-0.05, 0) is 48.4 Å². The van der Waals surface area contributed by atoms with Crippen molar-refractivity contribution in [3.63, 3.8) is 0 Å². The van der Waals surface area contributed by atoms with Gasteiger partial charge in [-0.3, -0.25) is 4.79 Å². The maximum atomic E-state index is 12.4. The number of ether oxygens (including phenoxy) is 2. The van der Waals surface area contributed by atoms with Crippen molar-refractivity contribution in [2.75, 3.05) is 36.5 Å². The van der Waals surface area contributed by atoms with E-state index in [4.69, 9.17) is 9.47 Å². The van der Waals surface area contributed by atoms with E-state index in [-0.39, 0.29) is 5.78 Å². The predicted octanol–water partition coefficient (Wildman–Crippen LogP) is 4.46. The summed E-state index contributed by atoms with van der Waals surface area (Å²) in [6, 6.07) is 15.8. The molecule has 33 heavy (non-hydrogen) atoms. The number of anilines is 3. The van der Waals surface area contributed by atoms with Gasteiger partial charge in [0.2, 0.25) is 11.8 Å². The van der Waals surface area contributed by atoms with Crippen LogP contribution in [0.25, 0.3) is 11.0 Å². The molecule has 0 bridgehead atoms. The van der Waals surface area contributed by atoms with Crippen molar-refractivity contribution < 1.29 is 14.3 Å². The Labute approximate surface area is 190 Å². The van der Waals surface area contributed by atoms with E-state index in [1.54, 1.807) is 6.20 Å². The number of nitrogens with one attached hydrogen (secondary N) is 2. The number of aromatic amines is 1. The van der Waals surface area contributed by atoms with Crippen molar-refractivity contribution in [3.05, 3.63) is 65.9 Å². The van der Waals surface area contributed by atoms with Gasteiger partial charge in [-0.1, -0.05) is 12.1 Å². The Morgan fingerprint density at radius 3 is 2.70 bits per heavy atom. The van der Waals surface area contributed by atoms with Crippen molar-refractivity contribution in [2.45, 2.75) is 12.8 Å². The SMILES string of the molecule is O=C1CCc2cccc(Oc3nc(Nc4ccc(N5CCOCC5)cc4)nc4[nH]ccc34)c21. The first-order chi connectivity index (χ1) is 16.2. The zero-order valence-corrected chi connectivity index (χ0v) is 18.0. The summed E-state index contributed by atoms with van der Waals surface area (Å²) in [4.78, 5) is 27.0. The molecule has 1 fully saturated rings. The van der Waals surface area contributed by atoms with Gasteiger partial charge in [-0.25, -0.2) is 0 Å². The molecule has 0 amide bonds. The highest BCUT2D eigenvalue weighted by molar-refractivity contribution is 6.03. The highest BCUT2D eigenvalue weighted by Crippen LogP contribution is 2.35. The molecule has 2 aromatic heterocycles. The summed E-state index contributed by atoms with van der Waals surface area (Å²) < 4.78 is 11.6. The average Bonchev–Trinajstić information content (AvgIpc) is 3.48. The van der Waals surface area contributed by atoms with Gasteiger partial charge in [-0.2, -0.15) is 9.97 Å². The number of aromatic nitrogens is 3. The second kappa shape index (κ2) is 8.22. The summed E-state index contributed by atoms with van der Waals surface area (Å²) in [5, 5.41) is 4.03. The molecule has 0 saturated carbocycles. The molecule has 3 heterocycles. The van der Waals surface area contributed by atoms with E-state index in [1.807, 2.05) is 36.4 Å². The Morgan fingerprint density at radius 1 is 1.00 bits per heavy atom. The number of carbonyl (C=O) groups excluding carboxylic acids is 1. The number of hydrogen-bond acceptors (Lipinski definition) is 7. The Hall–Kier alpha value is -3.91. The fourth-order valence-corrected chi connectivity index (χ4v) is 4.42. The molecule has 0 unspecified atom stereocenters. The fourth-order valence-electron chi connectivity index (χ4n) is 4.42. The Balaban J connectivity index is 1.28. The molecule has 2 N–H and O–H groups in total. The molecule has 166 valence electrons. The molecule has 4 aromatic rings. The number of nitrogens with zero attached hydrogens (tertiary/aromatic N) is 3. The number of fused-ring (bicyclic) bond motifs is 2. The van der Waals surface area contributed by atoms with Crippen LogP contribution >= 0.6 is 0 Å². The molecular weight excluding hydrogens is 418 g/mol. The predicted molar refractivity (Wildman–Crippen MR) is 126 cm³/mol. The summed E-state index contributed by atoms with van der Waals surface area (Å²) in [7, 11) is 0. The van der Waals surface area contributed by atoms with Crippen LogP contribution in [0.15, 0.2) is 54.7 Å². The number of aryl methyl sites for hydroxylation is 1. The van der Waals surface area contributed by atoms with Crippen molar-refractivity contribution >= 4 is 34.1 Å². The highest BCUT2D eigenvalue weighted by atomic mass is 16.5. The normalized spacial score (nSPS) is 15.6. The third-order valence-electron chi connectivity index (χ3n) is 6.10. The molecule has 2 aromatic carbocycles. The molecule has 8 heteroatoms. The number of morpholine rings is 1. The van der Waals surface area contributed by atoms with Crippen LogP contribution in [-0.2, 0) is 11.2 Å². The number of ketones is 1. The van der Waals surface area contributed by atoms with Crippen LogP contribution in [0.5, 0.6) is 11.6 Å². The number of rotatable bonds is 5. The maximum absolute atomic E-state index is 12.4. The minimum atomic E-state index is 0.110. The van der Waals surface area contributed by atoms with Gasteiger partial charge in [0.1, 0.15) is 11.4 Å². The molecule has 2 aliphatic rings. The number of hydrogen-bond donors (Lipinski definition) is 2. The first kappa shape index (κ1) is 19.8. The summed E-state index contributed by atoms with van der Waals surface area (Å²) in [5.74, 6) is 1.47. The second-order valence-corrected chi connectivity index (χ2v) is 8.18. The lowest BCUT2D eigenvalue weighted by Gasteiger charge is -2.28. The molecule has 8 nitrogen and oxygen atoms in total. The van der Waals surface area contributed by atoms with E-state index < -0.39 is 0 Å². The van der Waals surface area contributed by atoms with Crippen molar-refractivity contribution in [2.24, 2.45) is 0 Å². The quantitative estimate of drug-likeness (QED) is 0.472. The lowest BCUT2D eigenvalue weighted by molar-refractivity contribution is 0.0992. The molecule has 0 spiro atoms. The minimum Gasteiger partial charge on any atom is -0.437 e. The summed E-state index contributed by atoms with van der Waals surface area (Å²) in [6.45, 7) is 3.30. The topological polar surface area (TPSA) is 92.4 Å². The number of carbonyl (C=O) groups is 1. The zero-order valence-electron chi connectivity index (χ0n) is 18.0. The minimum absolute atomic E-state index is 0.110. The van der Waals surface area contributed by atoms with Gasteiger partial charge in [0.15, 0.2) is 5.78 Å². The first-order valence-electron chi connectivity index (χ1n) is 11.1. The largest absolute Gasteiger partial charge is 0.437 e. The first-order valence-corrected chi connectivity index (χ1v) is 11.1. The van der Waals surface area contributed by atoms with Crippen LogP contribution in [0, 0.1) is 0 Å². The lowest BCUT2D eigenvalue weighted by atomic mass is 10.1. The summed E-state index contributed by atoms with van der Waals surface area (Å²) in [5.41, 5.74) is 4.38. The molecule has 1 saturated heterocycles. The van der Waals surface area contributed by atoms with Gasteiger partial charge >= 0.3 is 0 Å². The van der Waals surface area contributed by atoms with Gasteiger partial charge in [0.25, 0.3) is 0 Å². The van der Waals surface area contributed by atoms with Crippen LogP contribution in [0.4, 0.5) is 17.3 Å². The molecular formula is C25H23N5O3. The molecule has 0 radical (unpaired) electrons. The molecule has 1 aliphatic carbocycles. The van der Waals surface area contributed by atoms with Crippen molar-refractivity contribution in [1.82, 2.24) is 15.0 Å². The molecule has 6 rings (SSSR count). The lowest BCUT2D eigenvalue weighted by Crippen LogP contribution is -2.36. The third-order valence-corrected chi connectivity index (χ3v) is 6.10. The number of benzene rings is 2. The second-order valence-electron chi connectivity index (χ2n) is 8.18. The number of Topliss-reactive ketones (excluding diaryl/α,β-unsaturated/α-hetero) is 1. The van der Waals surface area contributed by atoms with Crippen LogP contribution in [0.3, 0.4) is 0 Å². The van der Waals surface area contributed by atoms with Crippen LogP contribution in [-0.4, -0.2) is 47.0 Å². The molecule has 1 aliphatic heterocycles. The molecule has 0 atom stereocenters. The number of H-pyrrole nitrogens is 1. The van der Waals surface area contributed by atoms with Crippen LogP contribution in [0.2, 0.25) is 0 Å². The standard InChI is InChI=1S/C25H23N5O3/c31-20-9-4-16-2-1-3-21(22(16)20)33-24-19-10-11-26-23(19)28-25(29-24)27-17-5-7-18(8-6-17)30-12-14-32-15-13-30/h1-3,5-8,10-11H,4,9,12-15H2,(H2,26,27,28,29). The van der Waals surface area contributed by atoms with Gasteiger partial charge in [-0.15, -0.1) is 0 Å². The summed E-state index contributed by atoms with van der Waals surface area (Å²) in [6.07, 6.45) is 3.07. The zero-order chi connectivity index (χ0) is 22.2. The fraction of sp³-hybridized carbons (Fsp3) is 0.240. The van der Waals surface area contributed by atoms with Gasteiger partial charge < -0.3 is 24.7 Å². The Bertz CT molecular complexity index is 1330. The van der Waals surface area contributed by atoms with E-state index in [0.29, 0.717) is 35.2 Å². The maximum Gasteiger partial charge on any atom is 0.233 e. The van der Waals surface area contributed by atoms with Crippen molar-refractivity contribution in [1.29, 1.82) is 0 Å². The Kier molecular flexibility index (Phi) is 4.92. The van der Waals surface area contributed by atoms with E-state index in [0.717, 1.165) is 55.0 Å².